The monoisotopic (exact) mass is 546 g/mol. The Morgan fingerprint density at radius 2 is 1.81 bits per heavy atom. The summed E-state index contributed by atoms with van der Waals surface area (Å²) in [7, 11) is 0. The van der Waals surface area contributed by atoms with Crippen LogP contribution in [0, 0.1) is 0 Å². The van der Waals surface area contributed by atoms with Gasteiger partial charge in [-0.25, -0.2) is 14.2 Å². The van der Waals surface area contributed by atoms with Crippen LogP contribution >= 0.6 is 23.2 Å². The molecule has 0 aliphatic carbocycles. The van der Waals surface area contributed by atoms with Crippen LogP contribution in [-0.4, -0.2) is 30.3 Å². The molecule has 0 spiro atoms. The molecule has 0 bridgehead atoms. The predicted octanol–water partition coefficient (Wildman–Crippen LogP) is 6.21. The van der Waals surface area contributed by atoms with E-state index in [1.54, 1.807) is 48.5 Å². The third-order valence-corrected chi connectivity index (χ3v) is 5.63. The Balaban J connectivity index is 1.37. The molecule has 1 N–H and O–H groups in total. The van der Waals surface area contributed by atoms with Crippen molar-refractivity contribution >= 4 is 40.4 Å². The van der Waals surface area contributed by atoms with Gasteiger partial charge in [0, 0.05) is 21.7 Å². The number of hydrogen-bond donors (Lipinski definition) is 1. The van der Waals surface area contributed by atoms with Crippen LogP contribution in [-0.2, 0) is 12.9 Å². The van der Waals surface area contributed by atoms with Crippen LogP contribution in [0.1, 0.15) is 16.2 Å². The lowest BCUT2D eigenvalue weighted by molar-refractivity contribution is -0.142. The van der Waals surface area contributed by atoms with Gasteiger partial charge in [-0.2, -0.15) is 23.4 Å². The van der Waals surface area contributed by atoms with Crippen LogP contribution in [0.5, 0.6) is 5.75 Å². The fourth-order valence-corrected chi connectivity index (χ4v) is 3.75. The smallest absolute Gasteiger partial charge is 0.433 e. The third kappa shape index (κ3) is 5.52. The highest BCUT2D eigenvalue weighted by atomic mass is 35.5. The third-order valence-electron chi connectivity index (χ3n) is 5.14. The molecule has 0 saturated carbocycles. The molecule has 0 unspecified atom stereocenters. The Kier molecular flexibility index (Phi) is 6.48. The number of anilines is 1. The molecule has 0 radical (unpaired) electrons. The van der Waals surface area contributed by atoms with Gasteiger partial charge in [0.1, 0.15) is 5.75 Å². The highest BCUT2D eigenvalue weighted by Crippen LogP contribution is 2.32. The van der Waals surface area contributed by atoms with E-state index in [4.69, 9.17) is 27.9 Å². The minimum Gasteiger partial charge on any atom is -0.471 e. The number of alkyl halides is 3. The molecule has 0 aliphatic heterocycles. The lowest BCUT2D eigenvalue weighted by Crippen LogP contribution is -2.15. The largest absolute Gasteiger partial charge is 0.471 e. The van der Waals surface area contributed by atoms with Crippen LogP contribution < -0.4 is 10.1 Å². The van der Waals surface area contributed by atoms with E-state index < -0.39 is 17.8 Å². The maximum atomic E-state index is 13.8. The number of ether oxygens (including phenoxy) is 1. The van der Waals surface area contributed by atoms with Gasteiger partial charge in [-0.3, -0.25) is 4.79 Å². The van der Waals surface area contributed by atoms with Crippen LogP contribution in [0.25, 0.3) is 16.9 Å². The molecule has 0 saturated heterocycles. The fourth-order valence-electron chi connectivity index (χ4n) is 3.45. The summed E-state index contributed by atoms with van der Waals surface area (Å²) in [4.78, 5) is 17.0. The zero-order valence-electron chi connectivity index (χ0n) is 18.6. The van der Waals surface area contributed by atoms with E-state index in [2.05, 4.69) is 20.5 Å². The summed E-state index contributed by atoms with van der Waals surface area (Å²) in [5.74, 6) is -0.203. The van der Waals surface area contributed by atoms with Crippen molar-refractivity contribution in [2.75, 3.05) is 5.32 Å². The van der Waals surface area contributed by atoms with Crippen LogP contribution in [0.3, 0.4) is 0 Å². The number of nitrogens with one attached hydrogen (secondary N) is 1. The summed E-state index contributed by atoms with van der Waals surface area (Å²) >= 11 is 11.8. The average Bonchev–Trinajstić information content (AvgIpc) is 3.49. The first-order valence-electron chi connectivity index (χ1n) is 10.6. The number of carbonyl (C=O) groups is 1. The van der Waals surface area contributed by atoms with Gasteiger partial charge in [-0.15, -0.1) is 0 Å². The summed E-state index contributed by atoms with van der Waals surface area (Å²) < 4.78 is 49.0. The number of halogens is 5. The highest BCUT2D eigenvalue weighted by molar-refractivity contribution is 6.31. The minimum atomic E-state index is -4.74. The van der Waals surface area contributed by atoms with Crippen molar-refractivity contribution in [3.8, 4) is 17.0 Å². The number of hydrogen-bond acceptors (Lipinski definition) is 5. The van der Waals surface area contributed by atoms with Crippen molar-refractivity contribution in [1.29, 1.82) is 0 Å². The van der Waals surface area contributed by atoms with Gasteiger partial charge in [-0.05, 0) is 36.4 Å². The summed E-state index contributed by atoms with van der Waals surface area (Å²) in [5.41, 5.74) is -0.693. The lowest BCUT2D eigenvalue weighted by Gasteiger charge is -2.11. The van der Waals surface area contributed by atoms with E-state index in [-0.39, 0.29) is 23.8 Å². The molecule has 3 heterocycles. The molecule has 0 fully saturated rings. The second-order valence-corrected chi connectivity index (χ2v) is 8.66. The topological polar surface area (TPSA) is 86.3 Å². The number of nitrogens with zero attached hydrogens (tertiary/aromatic N) is 5. The van der Waals surface area contributed by atoms with Crippen molar-refractivity contribution in [2.45, 2.75) is 12.9 Å². The normalized spacial score (nSPS) is 11.6. The molecule has 13 heteroatoms. The number of carbonyl (C=O) groups excluding carboxylic acids is 1. The van der Waals surface area contributed by atoms with E-state index in [1.807, 2.05) is 0 Å². The lowest BCUT2D eigenvalue weighted by atomic mass is 10.1. The highest BCUT2D eigenvalue weighted by Gasteiger charge is 2.35. The van der Waals surface area contributed by atoms with E-state index in [1.165, 1.54) is 23.1 Å². The average molecular weight is 547 g/mol. The summed E-state index contributed by atoms with van der Waals surface area (Å²) in [6, 6.07) is 15.1. The fraction of sp³-hybridized carbons (Fsp3) is 0.0833. The molecule has 0 aliphatic rings. The van der Waals surface area contributed by atoms with Crippen molar-refractivity contribution in [1.82, 2.24) is 24.4 Å². The first kappa shape index (κ1) is 24.6. The molecule has 0 atom stereocenters. The second kappa shape index (κ2) is 9.75. The van der Waals surface area contributed by atoms with Gasteiger partial charge in [-0.1, -0.05) is 41.4 Å². The Morgan fingerprint density at radius 1 is 1.03 bits per heavy atom. The van der Waals surface area contributed by atoms with E-state index in [0.717, 1.165) is 6.07 Å². The first-order chi connectivity index (χ1) is 17.7. The molecule has 5 aromatic rings. The van der Waals surface area contributed by atoms with Crippen molar-refractivity contribution in [3.05, 3.63) is 94.5 Å². The predicted molar refractivity (Wildman–Crippen MR) is 131 cm³/mol. The Morgan fingerprint density at radius 3 is 2.54 bits per heavy atom. The van der Waals surface area contributed by atoms with Crippen molar-refractivity contribution in [2.24, 2.45) is 0 Å². The summed E-state index contributed by atoms with van der Waals surface area (Å²) in [6.45, 7) is 0.0386. The molecule has 2 aromatic carbocycles. The maximum Gasteiger partial charge on any atom is 0.433 e. The molecule has 1 amide bonds. The Bertz CT molecular complexity index is 1600. The number of rotatable bonds is 6. The summed E-state index contributed by atoms with van der Waals surface area (Å²) in [6.07, 6.45) is -1.88. The number of benzene rings is 2. The Hall–Kier alpha value is -4.09. The zero-order valence-corrected chi connectivity index (χ0v) is 20.1. The van der Waals surface area contributed by atoms with Gasteiger partial charge in [0.2, 0.25) is 0 Å². The first-order valence-corrected chi connectivity index (χ1v) is 11.4. The molecular weight excluding hydrogens is 532 g/mol. The molecule has 3 aromatic heterocycles. The minimum absolute atomic E-state index is 0.0386. The zero-order chi connectivity index (χ0) is 26.2. The van der Waals surface area contributed by atoms with Crippen LogP contribution in [0.15, 0.2) is 73.1 Å². The van der Waals surface area contributed by atoms with Gasteiger partial charge >= 0.3 is 6.18 Å². The van der Waals surface area contributed by atoms with Crippen LogP contribution in [0.2, 0.25) is 10.0 Å². The van der Waals surface area contributed by atoms with Gasteiger partial charge in [0.05, 0.1) is 23.8 Å². The number of fused-ring (bicyclic) bond motifs is 1. The standard InChI is InChI=1S/C24H15Cl2F3N6O2/c25-15-6-4-14(5-7-15)19-9-21(24(27,28)29)35-22(32-19)10-20(33-35)23(36)31-17-11-30-34(12-17)13-37-18-3-1-2-16(26)8-18/h1-12H,13H2,(H,31,36). The van der Waals surface area contributed by atoms with E-state index >= 15 is 0 Å². The molecule has 5 rings (SSSR count). The molecule has 37 heavy (non-hydrogen) atoms. The Labute approximate surface area is 217 Å². The maximum absolute atomic E-state index is 13.8. The summed E-state index contributed by atoms with van der Waals surface area (Å²) in [5, 5.41) is 11.4. The molecular formula is C24H15Cl2F3N6O2. The van der Waals surface area contributed by atoms with Crippen LogP contribution in [0.4, 0.5) is 18.9 Å². The second-order valence-electron chi connectivity index (χ2n) is 7.78. The SMILES string of the molecule is O=C(Nc1cnn(COc2cccc(Cl)c2)c1)c1cc2nc(-c3ccc(Cl)cc3)cc(C(F)(F)F)n2n1. The van der Waals surface area contributed by atoms with E-state index in [0.29, 0.717) is 31.6 Å². The van der Waals surface area contributed by atoms with Crippen molar-refractivity contribution in [3.63, 3.8) is 0 Å². The van der Waals surface area contributed by atoms with Gasteiger partial charge < -0.3 is 10.1 Å². The quantitative estimate of drug-likeness (QED) is 0.273. The van der Waals surface area contributed by atoms with Gasteiger partial charge in [0.15, 0.2) is 23.8 Å². The van der Waals surface area contributed by atoms with E-state index in [9.17, 15) is 18.0 Å². The molecule has 188 valence electrons. The number of amides is 1. The number of aromatic nitrogens is 5. The van der Waals surface area contributed by atoms with Gasteiger partial charge in [0.25, 0.3) is 5.91 Å². The van der Waals surface area contributed by atoms with Crippen molar-refractivity contribution < 1.29 is 22.7 Å². The molecule has 8 nitrogen and oxygen atoms in total.